The van der Waals surface area contributed by atoms with Crippen molar-refractivity contribution in [3.8, 4) is 0 Å². The molecular formula is C14H28N2. The van der Waals surface area contributed by atoms with Gasteiger partial charge in [-0.1, -0.05) is 19.8 Å². The second-order valence-corrected chi connectivity index (χ2v) is 5.56. The average Bonchev–Trinajstić information content (AvgIpc) is 2.35. The standard InChI is InChI=1S/C14H28N2/c1-2-3-9-15-12-13-7-6-11-16-10-5-4-8-14(13)16/h13-15H,2-12H2,1H3/t13-,14+/m0/s1. The van der Waals surface area contributed by atoms with Crippen LogP contribution in [0.5, 0.6) is 0 Å². The number of hydrogen-bond acceptors (Lipinski definition) is 2. The van der Waals surface area contributed by atoms with E-state index in [9.17, 15) is 0 Å². The molecule has 2 saturated heterocycles. The zero-order valence-corrected chi connectivity index (χ0v) is 10.9. The summed E-state index contributed by atoms with van der Waals surface area (Å²) in [5.41, 5.74) is 0. The number of nitrogens with one attached hydrogen (secondary N) is 1. The summed E-state index contributed by atoms with van der Waals surface area (Å²) in [6.45, 7) is 7.50. The van der Waals surface area contributed by atoms with Crippen molar-refractivity contribution in [1.29, 1.82) is 0 Å². The number of hydrogen-bond donors (Lipinski definition) is 1. The molecule has 1 N–H and O–H groups in total. The number of rotatable bonds is 5. The number of piperidine rings is 2. The SMILES string of the molecule is CCCCNC[C@@H]1CCCN2CCCC[C@H]12. The van der Waals surface area contributed by atoms with E-state index in [1.807, 2.05) is 0 Å². The van der Waals surface area contributed by atoms with Crippen LogP contribution in [0.3, 0.4) is 0 Å². The van der Waals surface area contributed by atoms with E-state index < -0.39 is 0 Å². The lowest BCUT2D eigenvalue weighted by Crippen LogP contribution is -2.50. The fourth-order valence-corrected chi connectivity index (χ4v) is 3.40. The van der Waals surface area contributed by atoms with Gasteiger partial charge in [-0.25, -0.2) is 0 Å². The molecule has 94 valence electrons. The third-order valence-electron chi connectivity index (χ3n) is 4.34. The lowest BCUT2D eigenvalue weighted by atomic mass is 9.83. The Morgan fingerprint density at radius 3 is 2.88 bits per heavy atom. The Morgan fingerprint density at radius 2 is 2.00 bits per heavy atom. The monoisotopic (exact) mass is 224 g/mol. The predicted octanol–water partition coefficient (Wildman–Crippen LogP) is 2.64. The molecule has 2 aliphatic heterocycles. The van der Waals surface area contributed by atoms with Crippen LogP contribution < -0.4 is 5.32 Å². The van der Waals surface area contributed by atoms with E-state index >= 15 is 0 Å². The largest absolute Gasteiger partial charge is 0.316 e. The van der Waals surface area contributed by atoms with E-state index in [1.54, 1.807) is 0 Å². The second kappa shape index (κ2) is 6.61. The van der Waals surface area contributed by atoms with Crippen molar-refractivity contribution in [2.45, 2.75) is 57.9 Å². The van der Waals surface area contributed by atoms with Gasteiger partial charge < -0.3 is 10.2 Å². The lowest BCUT2D eigenvalue weighted by molar-refractivity contribution is 0.0595. The molecule has 0 bridgehead atoms. The topological polar surface area (TPSA) is 15.3 Å². The molecule has 0 aliphatic carbocycles. The van der Waals surface area contributed by atoms with Crippen molar-refractivity contribution in [1.82, 2.24) is 10.2 Å². The molecule has 0 aromatic rings. The van der Waals surface area contributed by atoms with Gasteiger partial charge in [0.15, 0.2) is 0 Å². The minimum Gasteiger partial charge on any atom is -0.316 e. The van der Waals surface area contributed by atoms with Crippen molar-refractivity contribution >= 4 is 0 Å². The molecule has 2 rings (SSSR count). The summed E-state index contributed by atoms with van der Waals surface area (Å²) < 4.78 is 0. The molecule has 0 saturated carbocycles. The molecule has 16 heavy (non-hydrogen) atoms. The van der Waals surface area contributed by atoms with Gasteiger partial charge in [-0.05, 0) is 64.2 Å². The van der Waals surface area contributed by atoms with Crippen LogP contribution in [0, 0.1) is 5.92 Å². The van der Waals surface area contributed by atoms with E-state index in [2.05, 4.69) is 17.1 Å². The van der Waals surface area contributed by atoms with Gasteiger partial charge in [0.1, 0.15) is 0 Å². The third kappa shape index (κ3) is 3.21. The Morgan fingerprint density at radius 1 is 1.12 bits per heavy atom. The first kappa shape index (κ1) is 12.4. The average molecular weight is 224 g/mol. The summed E-state index contributed by atoms with van der Waals surface area (Å²) in [7, 11) is 0. The Hall–Kier alpha value is -0.0800. The van der Waals surface area contributed by atoms with Crippen LogP contribution in [0.4, 0.5) is 0 Å². The molecule has 0 spiro atoms. The maximum absolute atomic E-state index is 3.66. The minimum absolute atomic E-state index is 0.914. The van der Waals surface area contributed by atoms with Gasteiger partial charge >= 0.3 is 0 Å². The van der Waals surface area contributed by atoms with Crippen molar-refractivity contribution < 1.29 is 0 Å². The highest BCUT2D eigenvalue weighted by molar-refractivity contribution is 4.87. The fraction of sp³-hybridized carbons (Fsp3) is 1.00. The molecule has 0 aromatic heterocycles. The molecule has 2 nitrogen and oxygen atoms in total. The zero-order chi connectivity index (χ0) is 11.2. The van der Waals surface area contributed by atoms with Crippen LogP contribution >= 0.6 is 0 Å². The highest BCUT2D eigenvalue weighted by Crippen LogP contribution is 2.30. The van der Waals surface area contributed by atoms with Gasteiger partial charge in [0.05, 0.1) is 0 Å². The molecule has 2 atom stereocenters. The van der Waals surface area contributed by atoms with Gasteiger partial charge in [0, 0.05) is 6.04 Å². The normalized spacial score (nSPS) is 31.3. The predicted molar refractivity (Wildman–Crippen MR) is 69.7 cm³/mol. The highest BCUT2D eigenvalue weighted by atomic mass is 15.2. The highest BCUT2D eigenvalue weighted by Gasteiger charge is 2.32. The Kier molecular flexibility index (Phi) is 5.11. The smallest absolute Gasteiger partial charge is 0.0136 e. The van der Waals surface area contributed by atoms with E-state index in [4.69, 9.17) is 0 Å². The van der Waals surface area contributed by atoms with E-state index in [0.29, 0.717) is 0 Å². The van der Waals surface area contributed by atoms with Crippen molar-refractivity contribution in [2.75, 3.05) is 26.2 Å². The van der Waals surface area contributed by atoms with Crippen LogP contribution in [0.25, 0.3) is 0 Å². The van der Waals surface area contributed by atoms with Crippen molar-refractivity contribution in [3.05, 3.63) is 0 Å². The summed E-state index contributed by atoms with van der Waals surface area (Å²) in [4.78, 5) is 2.76. The summed E-state index contributed by atoms with van der Waals surface area (Å²) in [6.07, 6.45) is 9.89. The van der Waals surface area contributed by atoms with Crippen LogP contribution in [-0.4, -0.2) is 37.1 Å². The van der Waals surface area contributed by atoms with E-state index in [-0.39, 0.29) is 0 Å². The number of unbranched alkanes of at least 4 members (excludes halogenated alkanes) is 1. The Labute approximate surface area is 101 Å². The van der Waals surface area contributed by atoms with Gasteiger partial charge in [-0.15, -0.1) is 0 Å². The van der Waals surface area contributed by atoms with Crippen molar-refractivity contribution in [2.24, 2.45) is 5.92 Å². The molecule has 0 unspecified atom stereocenters. The molecule has 0 radical (unpaired) electrons. The van der Waals surface area contributed by atoms with Gasteiger partial charge in [-0.3, -0.25) is 0 Å². The third-order valence-corrected chi connectivity index (χ3v) is 4.34. The summed E-state index contributed by atoms with van der Waals surface area (Å²) >= 11 is 0. The summed E-state index contributed by atoms with van der Waals surface area (Å²) in [6, 6.07) is 0.914. The first-order chi connectivity index (χ1) is 7.92. The molecular weight excluding hydrogens is 196 g/mol. The molecule has 2 fully saturated rings. The second-order valence-electron chi connectivity index (χ2n) is 5.56. The molecule has 2 heteroatoms. The summed E-state index contributed by atoms with van der Waals surface area (Å²) in [5.74, 6) is 0.936. The maximum atomic E-state index is 3.66. The van der Waals surface area contributed by atoms with Crippen LogP contribution in [0.1, 0.15) is 51.9 Å². The Bertz CT molecular complexity index is 191. The van der Waals surface area contributed by atoms with Crippen LogP contribution in [0.2, 0.25) is 0 Å². The minimum atomic E-state index is 0.914. The Balaban J connectivity index is 1.74. The first-order valence-corrected chi connectivity index (χ1v) is 7.36. The van der Waals surface area contributed by atoms with Gasteiger partial charge in [-0.2, -0.15) is 0 Å². The quantitative estimate of drug-likeness (QED) is 0.722. The van der Waals surface area contributed by atoms with E-state index in [0.717, 1.165) is 12.0 Å². The molecule has 2 heterocycles. The van der Waals surface area contributed by atoms with Crippen molar-refractivity contribution in [3.63, 3.8) is 0 Å². The van der Waals surface area contributed by atoms with Crippen LogP contribution in [0.15, 0.2) is 0 Å². The molecule has 0 aromatic carbocycles. The molecule has 2 aliphatic rings. The fourth-order valence-electron chi connectivity index (χ4n) is 3.40. The summed E-state index contributed by atoms with van der Waals surface area (Å²) in [5, 5.41) is 3.66. The van der Waals surface area contributed by atoms with E-state index in [1.165, 1.54) is 71.1 Å². The molecule has 0 amide bonds. The maximum Gasteiger partial charge on any atom is 0.0136 e. The number of nitrogens with zero attached hydrogens (tertiary/aromatic N) is 1. The van der Waals surface area contributed by atoms with Crippen LogP contribution in [-0.2, 0) is 0 Å². The first-order valence-electron chi connectivity index (χ1n) is 7.36. The number of fused-ring (bicyclic) bond motifs is 1. The van der Waals surface area contributed by atoms with Gasteiger partial charge in [0.25, 0.3) is 0 Å². The van der Waals surface area contributed by atoms with Gasteiger partial charge in [0.2, 0.25) is 0 Å². The lowest BCUT2D eigenvalue weighted by Gasteiger charge is -2.44. The zero-order valence-electron chi connectivity index (χ0n) is 10.9.